The van der Waals surface area contributed by atoms with Gasteiger partial charge in [-0.2, -0.15) is 13.8 Å². The van der Waals surface area contributed by atoms with Crippen molar-refractivity contribution in [3.63, 3.8) is 0 Å². The van der Waals surface area contributed by atoms with Gasteiger partial charge in [0.2, 0.25) is 11.9 Å². The van der Waals surface area contributed by atoms with E-state index in [-0.39, 0.29) is 59.7 Å². The van der Waals surface area contributed by atoms with Crippen molar-refractivity contribution in [2.45, 2.75) is 76.7 Å². The molecule has 3 fully saturated rings. The van der Waals surface area contributed by atoms with Gasteiger partial charge in [-0.3, -0.25) is 9.59 Å². The monoisotopic (exact) mass is 508 g/mol. The molecule has 2 atom stereocenters. The Balaban J connectivity index is 1.44. The number of aromatic nitrogens is 2. The van der Waals surface area contributed by atoms with Crippen LogP contribution in [0.3, 0.4) is 0 Å². The number of rotatable bonds is 10. The fraction of sp³-hybridized carbons (Fsp3) is 0.708. The van der Waals surface area contributed by atoms with Crippen LogP contribution in [0, 0.1) is 11.8 Å². The normalized spacial score (nSPS) is 25.4. The van der Waals surface area contributed by atoms with E-state index in [1.165, 1.54) is 6.20 Å². The molecular formula is C24H34F2N6O4. The number of alkyl halides is 2. The fourth-order valence-electron chi connectivity index (χ4n) is 4.54. The first-order valence-corrected chi connectivity index (χ1v) is 12.6. The van der Waals surface area contributed by atoms with Gasteiger partial charge >= 0.3 is 6.61 Å². The second-order valence-electron chi connectivity index (χ2n) is 9.93. The predicted octanol–water partition coefficient (Wildman–Crippen LogP) is 2.51. The molecule has 0 aromatic carbocycles. The highest BCUT2D eigenvalue weighted by Gasteiger charge is 2.37. The van der Waals surface area contributed by atoms with Crippen molar-refractivity contribution in [2.75, 3.05) is 25.0 Å². The van der Waals surface area contributed by atoms with Gasteiger partial charge in [-0.05, 0) is 57.8 Å². The minimum Gasteiger partial charge on any atom is -0.393 e. The summed E-state index contributed by atoms with van der Waals surface area (Å²) < 4.78 is 29.0. The van der Waals surface area contributed by atoms with Crippen LogP contribution in [-0.2, 0) is 9.53 Å². The molecule has 2 amide bonds. The number of aliphatic hydroxyl groups excluding tert-OH is 1. The van der Waals surface area contributed by atoms with E-state index in [0.29, 0.717) is 32.4 Å². The van der Waals surface area contributed by atoms with Gasteiger partial charge in [-0.15, -0.1) is 0 Å². The molecule has 0 unspecified atom stereocenters. The molecule has 0 bridgehead atoms. The van der Waals surface area contributed by atoms with Crippen molar-refractivity contribution in [1.82, 2.24) is 20.2 Å². The molecule has 0 radical (unpaired) electrons. The van der Waals surface area contributed by atoms with Gasteiger partial charge in [0.1, 0.15) is 5.56 Å². The maximum atomic E-state index is 13.1. The van der Waals surface area contributed by atoms with Crippen LogP contribution in [0.25, 0.3) is 0 Å². The lowest BCUT2D eigenvalue weighted by Crippen LogP contribution is -2.39. The Morgan fingerprint density at radius 1 is 1.25 bits per heavy atom. The van der Waals surface area contributed by atoms with Crippen LogP contribution in [0.2, 0.25) is 0 Å². The van der Waals surface area contributed by atoms with E-state index < -0.39 is 12.7 Å². The molecule has 3 aliphatic rings. The highest BCUT2D eigenvalue weighted by molar-refractivity contribution is 5.98. The number of aliphatic hydroxyl groups is 1. The Hall–Kier alpha value is -2.73. The lowest BCUT2D eigenvalue weighted by molar-refractivity contribution is -0.131. The van der Waals surface area contributed by atoms with Gasteiger partial charge in [0.15, 0.2) is 5.82 Å². The van der Waals surface area contributed by atoms with E-state index >= 15 is 0 Å². The topological polar surface area (TPSA) is 129 Å². The Bertz CT molecular complexity index is 953. The van der Waals surface area contributed by atoms with Crippen LogP contribution >= 0.6 is 0 Å². The van der Waals surface area contributed by atoms with E-state index in [1.807, 2.05) is 4.90 Å². The van der Waals surface area contributed by atoms with Gasteiger partial charge in [0.05, 0.1) is 12.7 Å². The number of amides is 2. The molecule has 0 spiro atoms. The van der Waals surface area contributed by atoms with Gasteiger partial charge in [-0.25, -0.2) is 9.98 Å². The summed E-state index contributed by atoms with van der Waals surface area (Å²) in [4.78, 5) is 40.3. The summed E-state index contributed by atoms with van der Waals surface area (Å²) in [6, 6.07) is -0.662. The van der Waals surface area contributed by atoms with Crippen LogP contribution in [-0.4, -0.2) is 82.5 Å². The lowest BCUT2D eigenvalue weighted by Gasteiger charge is -2.22. The number of hydrogen-bond acceptors (Lipinski definition) is 8. The van der Waals surface area contributed by atoms with E-state index in [9.17, 15) is 23.5 Å². The number of anilines is 1. The summed E-state index contributed by atoms with van der Waals surface area (Å²) in [6.07, 6.45) is 8.36. The number of hydrogen-bond donors (Lipinski definition) is 3. The SMILES string of the molecule is C[C@@H](COC(F)F)Nc1ncc(C(=O)N[C@H]2CCN(C(=O)C3CC3)C2)c(/N=C\C2CCC(O)CC2)n1. The number of ether oxygens (including phenoxy) is 1. The minimum atomic E-state index is -2.87. The standard InChI is InChI=1S/C24H34F2N6O4/c1-14(13-36-23(25)26)29-24-28-11-19(20(31-24)27-10-15-2-6-18(33)7-3-15)21(34)30-17-8-9-32(12-17)22(35)16-4-5-16/h10-11,14-18,23,33H,2-9,12-13H2,1H3,(H,30,34)(H,28,29,31)/b27-10-/t14-,15?,17-,18?/m0/s1. The first-order valence-electron chi connectivity index (χ1n) is 12.6. The number of carbonyl (C=O) groups excluding carboxylic acids is 2. The van der Waals surface area contributed by atoms with Crippen molar-refractivity contribution in [1.29, 1.82) is 0 Å². The number of carbonyl (C=O) groups is 2. The van der Waals surface area contributed by atoms with Crippen molar-refractivity contribution in [3.05, 3.63) is 11.8 Å². The summed E-state index contributed by atoms with van der Waals surface area (Å²) >= 11 is 0. The third-order valence-electron chi connectivity index (χ3n) is 6.77. The molecule has 12 heteroatoms. The van der Waals surface area contributed by atoms with Crippen molar-refractivity contribution in [3.8, 4) is 0 Å². The lowest BCUT2D eigenvalue weighted by atomic mass is 9.88. The number of nitrogens with zero attached hydrogens (tertiary/aromatic N) is 4. The zero-order valence-corrected chi connectivity index (χ0v) is 20.4. The van der Waals surface area contributed by atoms with Gasteiger partial charge in [0, 0.05) is 43.5 Å². The van der Waals surface area contributed by atoms with Gasteiger partial charge in [0.25, 0.3) is 5.91 Å². The van der Waals surface area contributed by atoms with Gasteiger partial charge < -0.3 is 25.4 Å². The summed E-state index contributed by atoms with van der Waals surface area (Å²) in [7, 11) is 0. The maximum absolute atomic E-state index is 13.1. The molecule has 1 aromatic heterocycles. The predicted molar refractivity (Wildman–Crippen MR) is 128 cm³/mol. The second-order valence-corrected chi connectivity index (χ2v) is 9.93. The molecule has 1 saturated heterocycles. The number of aliphatic imine (C=N–C) groups is 1. The van der Waals surface area contributed by atoms with Crippen molar-refractivity contribution >= 4 is 29.8 Å². The molecule has 3 N–H and O–H groups in total. The maximum Gasteiger partial charge on any atom is 0.345 e. The fourth-order valence-corrected chi connectivity index (χ4v) is 4.54. The van der Waals surface area contributed by atoms with Crippen LogP contribution in [0.15, 0.2) is 11.2 Å². The molecule has 2 heterocycles. The van der Waals surface area contributed by atoms with Crippen LogP contribution in [0.5, 0.6) is 0 Å². The third kappa shape index (κ3) is 7.39. The van der Waals surface area contributed by atoms with E-state index in [0.717, 1.165) is 25.7 Å². The molecule has 10 nitrogen and oxygen atoms in total. The summed E-state index contributed by atoms with van der Waals surface area (Å²) in [6.45, 7) is -0.369. The molecule has 2 saturated carbocycles. The zero-order valence-electron chi connectivity index (χ0n) is 20.4. The van der Waals surface area contributed by atoms with Crippen LogP contribution in [0.1, 0.15) is 62.2 Å². The van der Waals surface area contributed by atoms with Crippen molar-refractivity contribution in [2.24, 2.45) is 16.8 Å². The first-order chi connectivity index (χ1) is 17.3. The van der Waals surface area contributed by atoms with E-state index in [2.05, 4.69) is 30.3 Å². The summed E-state index contributed by atoms with van der Waals surface area (Å²) in [5.41, 5.74) is 0.191. The molecule has 4 rings (SSSR count). The van der Waals surface area contributed by atoms with E-state index in [4.69, 9.17) is 0 Å². The molecule has 36 heavy (non-hydrogen) atoms. The van der Waals surface area contributed by atoms with Crippen LogP contribution in [0.4, 0.5) is 20.5 Å². The van der Waals surface area contributed by atoms with Crippen molar-refractivity contribution < 1.29 is 28.2 Å². The number of likely N-dealkylation sites (tertiary alicyclic amines) is 1. The molecule has 2 aliphatic carbocycles. The van der Waals surface area contributed by atoms with Gasteiger partial charge in [-0.1, -0.05) is 0 Å². The minimum absolute atomic E-state index is 0.142. The quantitative estimate of drug-likeness (QED) is 0.414. The molecule has 1 aliphatic heterocycles. The largest absolute Gasteiger partial charge is 0.393 e. The third-order valence-corrected chi connectivity index (χ3v) is 6.77. The average Bonchev–Trinajstić information content (AvgIpc) is 3.60. The molecular weight excluding hydrogens is 474 g/mol. The van der Waals surface area contributed by atoms with Crippen LogP contribution < -0.4 is 10.6 Å². The average molecular weight is 509 g/mol. The Kier molecular flexibility index (Phi) is 8.78. The Morgan fingerprint density at radius 3 is 2.69 bits per heavy atom. The van der Waals surface area contributed by atoms with E-state index in [1.54, 1.807) is 13.1 Å². The zero-order chi connectivity index (χ0) is 25.7. The number of halogens is 2. The first kappa shape index (κ1) is 26.3. The Labute approximate surface area is 208 Å². The molecule has 1 aromatic rings. The summed E-state index contributed by atoms with van der Waals surface area (Å²) in [5, 5.41) is 15.6. The highest BCUT2D eigenvalue weighted by atomic mass is 19.3. The highest BCUT2D eigenvalue weighted by Crippen LogP contribution is 2.32. The molecule has 198 valence electrons. The summed E-state index contributed by atoms with van der Waals surface area (Å²) in [5.74, 6) is 0.396. The number of nitrogens with one attached hydrogen (secondary N) is 2. The second kappa shape index (κ2) is 12.0. The Morgan fingerprint density at radius 2 is 2.00 bits per heavy atom. The smallest absolute Gasteiger partial charge is 0.345 e.